The van der Waals surface area contributed by atoms with Gasteiger partial charge in [0.05, 0.1) is 12.1 Å². The van der Waals surface area contributed by atoms with Gasteiger partial charge >= 0.3 is 0 Å². The molecule has 2 aromatic carbocycles. The molecule has 4 aromatic rings. The van der Waals surface area contributed by atoms with E-state index in [1.807, 2.05) is 48.7 Å². The topological polar surface area (TPSA) is 47.1 Å². The van der Waals surface area contributed by atoms with Crippen LogP contribution in [-0.2, 0) is 13.0 Å². The first-order valence-electron chi connectivity index (χ1n) is 8.78. The van der Waals surface area contributed by atoms with Crippen molar-refractivity contribution < 1.29 is 9.47 Å². The lowest BCUT2D eigenvalue weighted by molar-refractivity contribution is 0.284. The van der Waals surface area contributed by atoms with Crippen molar-refractivity contribution in [2.24, 2.45) is 0 Å². The number of aromatic nitrogens is 2. The predicted octanol–water partition coefficient (Wildman–Crippen LogP) is 6.05. The number of H-pyrrole nitrogens is 1. The van der Waals surface area contributed by atoms with E-state index in [0.29, 0.717) is 34.6 Å². The van der Waals surface area contributed by atoms with Crippen LogP contribution in [0.2, 0.25) is 10.0 Å². The highest BCUT2D eigenvalue weighted by Crippen LogP contribution is 2.38. The number of fused-ring (bicyclic) bond motifs is 1. The molecule has 0 amide bonds. The van der Waals surface area contributed by atoms with Crippen LogP contribution in [0.5, 0.6) is 11.5 Å². The molecule has 6 heteroatoms. The second-order valence-corrected chi connectivity index (χ2v) is 7.26. The third kappa shape index (κ3) is 3.93. The van der Waals surface area contributed by atoms with E-state index in [0.717, 1.165) is 27.7 Å². The molecule has 0 aliphatic carbocycles. The predicted molar refractivity (Wildman–Crippen MR) is 113 cm³/mol. The summed E-state index contributed by atoms with van der Waals surface area (Å²) in [5.41, 5.74) is 4.05. The summed E-state index contributed by atoms with van der Waals surface area (Å²) in [6.07, 6.45) is 4.46. The molecule has 2 heterocycles. The van der Waals surface area contributed by atoms with Crippen LogP contribution in [0, 0.1) is 0 Å². The van der Waals surface area contributed by atoms with Gasteiger partial charge in [-0.05, 0) is 59.5 Å². The number of rotatable bonds is 6. The minimum atomic E-state index is 0.376. The minimum absolute atomic E-state index is 0.376. The molecule has 0 radical (unpaired) electrons. The molecule has 2 aromatic heterocycles. The Morgan fingerprint density at radius 1 is 1.04 bits per heavy atom. The second-order valence-electron chi connectivity index (χ2n) is 6.41. The maximum atomic E-state index is 6.52. The van der Waals surface area contributed by atoms with E-state index in [1.165, 1.54) is 0 Å². The maximum absolute atomic E-state index is 6.52. The average molecular weight is 413 g/mol. The normalized spacial score (nSPS) is 11.0. The molecule has 0 atom stereocenters. The van der Waals surface area contributed by atoms with Gasteiger partial charge in [-0.3, -0.25) is 0 Å². The van der Waals surface area contributed by atoms with Gasteiger partial charge in [0.15, 0.2) is 11.5 Å². The fourth-order valence-corrected chi connectivity index (χ4v) is 3.54. The molecule has 4 rings (SSSR count). The third-order valence-corrected chi connectivity index (χ3v) is 5.05. The van der Waals surface area contributed by atoms with E-state index >= 15 is 0 Å². The molecule has 142 valence electrons. The van der Waals surface area contributed by atoms with Gasteiger partial charge in [0.2, 0.25) is 0 Å². The first-order valence-corrected chi connectivity index (χ1v) is 9.54. The summed E-state index contributed by atoms with van der Waals surface area (Å²) in [7, 11) is 1.61. The van der Waals surface area contributed by atoms with E-state index in [9.17, 15) is 0 Å². The van der Waals surface area contributed by atoms with Crippen molar-refractivity contribution in [2.75, 3.05) is 7.11 Å². The number of benzene rings is 2. The molecule has 4 nitrogen and oxygen atoms in total. The molecule has 0 fully saturated rings. The van der Waals surface area contributed by atoms with Crippen molar-refractivity contribution in [3.63, 3.8) is 0 Å². The fourth-order valence-electron chi connectivity index (χ4n) is 3.13. The van der Waals surface area contributed by atoms with Gasteiger partial charge in [0.25, 0.3) is 0 Å². The summed E-state index contributed by atoms with van der Waals surface area (Å²) < 4.78 is 11.5. The van der Waals surface area contributed by atoms with E-state index < -0.39 is 0 Å². The lowest BCUT2D eigenvalue weighted by Gasteiger charge is -2.14. The molecule has 0 saturated carbocycles. The van der Waals surface area contributed by atoms with Crippen molar-refractivity contribution in [3.05, 3.63) is 87.7 Å². The Morgan fingerprint density at radius 2 is 1.86 bits per heavy atom. The zero-order chi connectivity index (χ0) is 19.5. The summed E-state index contributed by atoms with van der Waals surface area (Å²) in [6, 6.07) is 15.4. The van der Waals surface area contributed by atoms with Crippen molar-refractivity contribution in [3.8, 4) is 11.5 Å². The number of aromatic amines is 1. The van der Waals surface area contributed by atoms with Crippen molar-refractivity contribution in [2.45, 2.75) is 13.0 Å². The molecule has 0 aliphatic heterocycles. The van der Waals surface area contributed by atoms with Crippen LogP contribution in [0.1, 0.15) is 16.7 Å². The Hall–Kier alpha value is -2.69. The Bertz CT molecular complexity index is 1110. The van der Waals surface area contributed by atoms with E-state index in [4.69, 9.17) is 32.7 Å². The van der Waals surface area contributed by atoms with Crippen LogP contribution in [0.25, 0.3) is 11.0 Å². The quantitative estimate of drug-likeness (QED) is 0.419. The number of ether oxygens (including phenoxy) is 2. The number of nitrogens with one attached hydrogen (secondary N) is 1. The van der Waals surface area contributed by atoms with Gasteiger partial charge in [-0.1, -0.05) is 35.3 Å². The number of methoxy groups -OCH3 is 1. The second kappa shape index (κ2) is 8.13. The summed E-state index contributed by atoms with van der Waals surface area (Å²) in [5.74, 6) is 1.14. The lowest BCUT2D eigenvalue weighted by Crippen LogP contribution is -2.00. The summed E-state index contributed by atoms with van der Waals surface area (Å²) in [5, 5.41) is 2.30. The van der Waals surface area contributed by atoms with Gasteiger partial charge in [0.1, 0.15) is 12.3 Å². The van der Waals surface area contributed by atoms with Gasteiger partial charge in [-0.15, -0.1) is 0 Å². The highest BCUT2D eigenvalue weighted by molar-refractivity contribution is 6.32. The number of halogens is 2. The highest BCUT2D eigenvalue weighted by Gasteiger charge is 2.14. The fraction of sp³-hybridized carbons (Fsp3) is 0.136. The molecule has 1 N–H and O–H groups in total. The van der Waals surface area contributed by atoms with Crippen LogP contribution in [-0.4, -0.2) is 17.1 Å². The van der Waals surface area contributed by atoms with Crippen molar-refractivity contribution in [1.29, 1.82) is 0 Å². The molecule has 0 saturated heterocycles. The van der Waals surface area contributed by atoms with Gasteiger partial charge in [-0.2, -0.15) is 0 Å². The van der Waals surface area contributed by atoms with Crippen molar-refractivity contribution >= 4 is 34.2 Å². The average Bonchev–Trinajstić information content (AvgIpc) is 3.11. The molecule has 28 heavy (non-hydrogen) atoms. The number of hydrogen-bond acceptors (Lipinski definition) is 3. The first-order chi connectivity index (χ1) is 13.6. The van der Waals surface area contributed by atoms with Crippen molar-refractivity contribution in [1.82, 2.24) is 9.97 Å². The molecule has 0 spiro atoms. The van der Waals surface area contributed by atoms with Gasteiger partial charge in [0, 0.05) is 22.8 Å². The Labute approximate surface area is 173 Å². The van der Waals surface area contributed by atoms with E-state index in [1.54, 1.807) is 13.3 Å². The SMILES string of the molecule is COc1cc(Cc2c[nH]c3ncccc23)cc(Cl)c1OCc1ccc(Cl)cc1. The first kappa shape index (κ1) is 18.7. The van der Waals surface area contributed by atoms with E-state index in [2.05, 4.69) is 16.0 Å². The summed E-state index contributed by atoms with van der Waals surface area (Å²) in [6.45, 7) is 0.376. The number of pyridine rings is 1. The smallest absolute Gasteiger partial charge is 0.180 e. The minimum Gasteiger partial charge on any atom is -0.493 e. The van der Waals surface area contributed by atoms with Gasteiger partial charge < -0.3 is 14.5 Å². The van der Waals surface area contributed by atoms with Crippen LogP contribution in [0.4, 0.5) is 0 Å². The van der Waals surface area contributed by atoms with Crippen LogP contribution in [0.3, 0.4) is 0 Å². The Morgan fingerprint density at radius 3 is 2.64 bits per heavy atom. The molecule has 0 unspecified atom stereocenters. The third-order valence-electron chi connectivity index (χ3n) is 4.52. The maximum Gasteiger partial charge on any atom is 0.180 e. The summed E-state index contributed by atoms with van der Waals surface area (Å²) >= 11 is 12.4. The van der Waals surface area contributed by atoms with Gasteiger partial charge in [-0.25, -0.2) is 4.98 Å². The Balaban J connectivity index is 1.57. The molecule has 0 aliphatic rings. The van der Waals surface area contributed by atoms with E-state index in [-0.39, 0.29) is 0 Å². The monoisotopic (exact) mass is 412 g/mol. The zero-order valence-corrected chi connectivity index (χ0v) is 16.7. The number of hydrogen-bond donors (Lipinski definition) is 1. The largest absolute Gasteiger partial charge is 0.493 e. The van der Waals surface area contributed by atoms with Crippen LogP contribution in [0.15, 0.2) is 60.9 Å². The highest BCUT2D eigenvalue weighted by atomic mass is 35.5. The van der Waals surface area contributed by atoms with Crippen LogP contribution >= 0.6 is 23.2 Å². The lowest BCUT2D eigenvalue weighted by atomic mass is 10.0. The number of nitrogens with zero attached hydrogens (tertiary/aromatic N) is 1. The molecular formula is C22H18Cl2N2O2. The summed E-state index contributed by atoms with van der Waals surface area (Å²) in [4.78, 5) is 7.53. The molecular weight excluding hydrogens is 395 g/mol. The Kier molecular flexibility index (Phi) is 5.42. The van der Waals surface area contributed by atoms with Crippen LogP contribution < -0.4 is 9.47 Å². The molecule has 0 bridgehead atoms. The zero-order valence-electron chi connectivity index (χ0n) is 15.2. The standard InChI is InChI=1S/C22H18Cl2N2O2/c1-27-20-11-15(9-16-12-26-22-18(16)3-2-8-25-22)10-19(24)21(20)28-13-14-4-6-17(23)7-5-14/h2-8,10-12H,9,13H2,1H3,(H,25,26).